The molecular formula is C17H19ClN4O3. The number of aromatic hydroxyl groups is 1. The monoisotopic (exact) mass is 362 g/mol. The number of imidazole rings is 1. The van der Waals surface area contributed by atoms with Crippen molar-refractivity contribution in [2.45, 2.75) is 25.3 Å². The van der Waals surface area contributed by atoms with Gasteiger partial charge in [0.25, 0.3) is 5.91 Å². The number of nitrogens with zero attached hydrogens (tertiary/aromatic N) is 3. The van der Waals surface area contributed by atoms with Gasteiger partial charge in [-0.05, 0) is 31.0 Å². The maximum Gasteiger partial charge on any atom is 0.257 e. The smallest absolute Gasteiger partial charge is 0.257 e. The van der Waals surface area contributed by atoms with Gasteiger partial charge in [-0.1, -0.05) is 11.6 Å². The van der Waals surface area contributed by atoms with E-state index >= 15 is 0 Å². The van der Waals surface area contributed by atoms with Crippen molar-refractivity contribution in [3.05, 3.63) is 47.0 Å². The van der Waals surface area contributed by atoms with Crippen LogP contribution in [0.25, 0.3) is 0 Å². The lowest BCUT2D eigenvalue weighted by molar-refractivity contribution is -0.118. The van der Waals surface area contributed by atoms with Crippen LogP contribution in [0, 0.1) is 0 Å². The van der Waals surface area contributed by atoms with Crippen LogP contribution in [0.4, 0.5) is 0 Å². The highest BCUT2D eigenvalue weighted by molar-refractivity contribution is 6.30. The van der Waals surface area contributed by atoms with Gasteiger partial charge in [0.2, 0.25) is 5.91 Å². The summed E-state index contributed by atoms with van der Waals surface area (Å²) in [5.41, 5.74) is 5.50. The van der Waals surface area contributed by atoms with Crippen molar-refractivity contribution in [2.24, 2.45) is 5.73 Å². The Morgan fingerprint density at radius 2 is 2.20 bits per heavy atom. The fourth-order valence-electron chi connectivity index (χ4n) is 3.21. The third-order valence-electron chi connectivity index (χ3n) is 4.34. The van der Waals surface area contributed by atoms with Crippen molar-refractivity contribution in [2.75, 3.05) is 13.1 Å². The molecule has 25 heavy (non-hydrogen) atoms. The van der Waals surface area contributed by atoms with Crippen LogP contribution in [0.1, 0.15) is 34.9 Å². The molecular weight excluding hydrogens is 344 g/mol. The minimum Gasteiger partial charge on any atom is -0.507 e. The van der Waals surface area contributed by atoms with Crippen molar-refractivity contribution in [1.29, 1.82) is 0 Å². The maximum absolute atomic E-state index is 12.7. The molecule has 7 nitrogen and oxygen atoms in total. The molecule has 3 N–H and O–H groups in total. The molecule has 132 valence electrons. The van der Waals surface area contributed by atoms with E-state index in [1.165, 1.54) is 12.1 Å². The highest BCUT2D eigenvalue weighted by Gasteiger charge is 2.29. The molecule has 1 fully saturated rings. The Hall–Kier alpha value is -2.54. The summed E-state index contributed by atoms with van der Waals surface area (Å²) >= 11 is 5.82. The van der Waals surface area contributed by atoms with Gasteiger partial charge in [0, 0.05) is 36.4 Å². The molecule has 0 aliphatic carbocycles. The molecule has 1 aliphatic rings. The van der Waals surface area contributed by atoms with E-state index in [1.54, 1.807) is 27.9 Å². The van der Waals surface area contributed by atoms with Gasteiger partial charge >= 0.3 is 0 Å². The van der Waals surface area contributed by atoms with Crippen molar-refractivity contribution in [3.63, 3.8) is 0 Å². The fourth-order valence-corrected chi connectivity index (χ4v) is 3.38. The summed E-state index contributed by atoms with van der Waals surface area (Å²) in [6.07, 6.45) is 5.02. The third-order valence-corrected chi connectivity index (χ3v) is 4.57. The van der Waals surface area contributed by atoms with Gasteiger partial charge < -0.3 is 20.3 Å². The first-order valence-electron chi connectivity index (χ1n) is 8.03. The van der Waals surface area contributed by atoms with Crippen LogP contribution < -0.4 is 5.73 Å². The molecule has 1 atom stereocenters. The number of hydrogen-bond acceptors (Lipinski definition) is 4. The van der Waals surface area contributed by atoms with Gasteiger partial charge in [-0.15, -0.1) is 0 Å². The van der Waals surface area contributed by atoms with Gasteiger partial charge in [-0.25, -0.2) is 4.98 Å². The maximum atomic E-state index is 12.7. The van der Waals surface area contributed by atoms with Crippen LogP contribution in [-0.2, 0) is 11.3 Å². The van der Waals surface area contributed by atoms with Gasteiger partial charge in [-0.3, -0.25) is 9.59 Å². The van der Waals surface area contributed by atoms with Crippen LogP contribution in [0.2, 0.25) is 5.02 Å². The molecule has 3 rings (SSSR count). The zero-order valence-corrected chi connectivity index (χ0v) is 14.3. The predicted molar refractivity (Wildman–Crippen MR) is 92.4 cm³/mol. The molecule has 2 aromatic rings. The summed E-state index contributed by atoms with van der Waals surface area (Å²) in [6.45, 7) is 1.14. The van der Waals surface area contributed by atoms with E-state index in [1.807, 2.05) is 0 Å². The van der Waals surface area contributed by atoms with Crippen molar-refractivity contribution in [3.8, 4) is 5.75 Å². The van der Waals surface area contributed by atoms with Crippen molar-refractivity contribution >= 4 is 23.4 Å². The zero-order valence-electron chi connectivity index (χ0n) is 13.6. The second kappa shape index (κ2) is 7.14. The number of likely N-dealkylation sites (tertiary alicyclic amines) is 1. The average Bonchev–Trinajstić information content (AvgIpc) is 3.02. The van der Waals surface area contributed by atoms with E-state index in [0.717, 1.165) is 18.7 Å². The van der Waals surface area contributed by atoms with E-state index in [0.29, 0.717) is 18.1 Å². The van der Waals surface area contributed by atoms with Crippen LogP contribution in [0.3, 0.4) is 0 Å². The summed E-state index contributed by atoms with van der Waals surface area (Å²) in [5.74, 6) is -0.0473. The Balaban J connectivity index is 1.78. The number of aromatic nitrogens is 2. The van der Waals surface area contributed by atoms with Crippen molar-refractivity contribution < 1.29 is 14.7 Å². The Labute approximate surface area is 150 Å². The topological polar surface area (TPSA) is 101 Å². The largest absolute Gasteiger partial charge is 0.507 e. The highest BCUT2D eigenvalue weighted by Crippen LogP contribution is 2.29. The average molecular weight is 363 g/mol. The molecule has 0 saturated carbocycles. The van der Waals surface area contributed by atoms with Crippen LogP contribution in [-0.4, -0.2) is 44.5 Å². The minimum atomic E-state index is -0.436. The number of carbonyl (C=O) groups excluding carboxylic acids is 2. The number of amides is 2. The summed E-state index contributed by atoms with van der Waals surface area (Å²) < 4.78 is 1.72. The lowest BCUT2D eigenvalue weighted by atomic mass is 9.96. The highest BCUT2D eigenvalue weighted by atomic mass is 35.5. The molecule has 1 saturated heterocycles. The second-order valence-electron chi connectivity index (χ2n) is 6.13. The summed E-state index contributed by atoms with van der Waals surface area (Å²) in [7, 11) is 0. The Kier molecular flexibility index (Phi) is 4.94. The first-order chi connectivity index (χ1) is 12.0. The Morgan fingerprint density at radius 3 is 2.92 bits per heavy atom. The SMILES string of the molecule is NC(=O)Cn1ccnc1C1CCCN(C(=O)c2ccc(Cl)cc2O)C1. The number of piperidine rings is 1. The van der Waals surface area contributed by atoms with Gasteiger partial charge in [-0.2, -0.15) is 0 Å². The number of benzene rings is 1. The molecule has 1 unspecified atom stereocenters. The lowest BCUT2D eigenvalue weighted by Crippen LogP contribution is -2.40. The Morgan fingerprint density at radius 1 is 1.40 bits per heavy atom. The molecule has 1 aliphatic heterocycles. The Bertz CT molecular complexity index is 805. The number of phenols is 1. The quantitative estimate of drug-likeness (QED) is 0.864. The number of halogens is 1. The first kappa shape index (κ1) is 17.3. The van der Waals surface area contributed by atoms with Crippen LogP contribution in [0.15, 0.2) is 30.6 Å². The van der Waals surface area contributed by atoms with Crippen LogP contribution in [0.5, 0.6) is 5.75 Å². The van der Waals surface area contributed by atoms with E-state index in [2.05, 4.69) is 4.98 Å². The van der Waals surface area contributed by atoms with E-state index < -0.39 is 5.91 Å². The van der Waals surface area contributed by atoms with E-state index in [-0.39, 0.29) is 29.7 Å². The number of nitrogens with two attached hydrogens (primary N) is 1. The van der Waals surface area contributed by atoms with Gasteiger partial charge in [0.1, 0.15) is 18.1 Å². The molecule has 0 spiro atoms. The minimum absolute atomic E-state index is 0.0153. The summed E-state index contributed by atoms with van der Waals surface area (Å²) in [6, 6.07) is 4.46. The van der Waals surface area contributed by atoms with Gasteiger partial charge in [0.15, 0.2) is 0 Å². The summed E-state index contributed by atoms with van der Waals surface area (Å²) in [4.78, 5) is 30.0. The summed E-state index contributed by atoms with van der Waals surface area (Å²) in [5, 5.41) is 10.4. The second-order valence-corrected chi connectivity index (χ2v) is 6.57. The number of carbonyl (C=O) groups is 2. The molecule has 2 amide bonds. The molecule has 8 heteroatoms. The zero-order chi connectivity index (χ0) is 18.0. The lowest BCUT2D eigenvalue weighted by Gasteiger charge is -2.32. The third kappa shape index (κ3) is 3.76. The molecule has 1 aromatic carbocycles. The molecule has 0 radical (unpaired) electrons. The predicted octanol–water partition coefficient (Wildman–Crippen LogP) is 1.75. The standard InChI is InChI=1S/C17H19ClN4O3/c18-12-3-4-13(14(23)8-12)17(25)22-6-1-2-11(9-22)16-20-5-7-21(16)10-15(19)24/h3-5,7-8,11,23H,1-2,6,9-10H2,(H2,19,24). The van der Waals surface area contributed by atoms with Crippen molar-refractivity contribution in [1.82, 2.24) is 14.5 Å². The fraction of sp³-hybridized carbons (Fsp3) is 0.353. The molecule has 2 heterocycles. The van der Waals surface area contributed by atoms with Crippen LogP contribution >= 0.6 is 11.6 Å². The number of rotatable bonds is 4. The molecule has 1 aromatic heterocycles. The molecule has 0 bridgehead atoms. The number of phenolic OH excluding ortho intramolecular Hbond substituents is 1. The van der Waals surface area contributed by atoms with Gasteiger partial charge in [0.05, 0.1) is 5.56 Å². The van der Waals surface area contributed by atoms with E-state index in [4.69, 9.17) is 17.3 Å². The number of primary amides is 1. The number of hydrogen-bond donors (Lipinski definition) is 2. The normalized spacial score (nSPS) is 17.5. The van der Waals surface area contributed by atoms with E-state index in [9.17, 15) is 14.7 Å². The first-order valence-corrected chi connectivity index (χ1v) is 8.40.